The molecule has 2 rings (SSSR count). The number of hydrogen-bond acceptors (Lipinski definition) is 5. The molecule has 0 saturated carbocycles. The second-order valence-electron chi connectivity index (χ2n) is 4.40. The summed E-state index contributed by atoms with van der Waals surface area (Å²) in [6.07, 6.45) is 0. The van der Waals surface area contributed by atoms with Crippen molar-refractivity contribution in [1.82, 2.24) is 0 Å². The first kappa shape index (κ1) is 26.9. The molecule has 2 aromatic carbocycles. The number of carbonyl (C=O) groups is 3. The molecular weight excluding hydrogens is 364 g/mol. The van der Waals surface area contributed by atoms with Crippen molar-refractivity contribution < 1.29 is 34.8 Å². The topological polar surface area (TPSA) is 132 Å². The lowest BCUT2D eigenvalue weighted by Gasteiger charge is -2.08. The minimum atomic E-state index is -1.40. The molecule has 0 aliphatic heterocycles. The van der Waals surface area contributed by atoms with Gasteiger partial charge in [0, 0.05) is 11.6 Å². The van der Waals surface area contributed by atoms with Gasteiger partial charge in [-0.15, -0.1) is 0 Å². The van der Waals surface area contributed by atoms with Crippen LogP contribution in [0.5, 0.6) is 11.5 Å². The van der Waals surface area contributed by atoms with Crippen LogP contribution in [0.25, 0.3) is 0 Å². The third kappa shape index (κ3) is 7.11. The zero-order valence-corrected chi connectivity index (χ0v) is 17.0. The fourth-order valence-corrected chi connectivity index (χ4v) is 1.91. The second-order valence-corrected chi connectivity index (χ2v) is 4.40. The van der Waals surface area contributed by atoms with E-state index in [4.69, 9.17) is 10.2 Å². The lowest BCUT2D eigenvalue weighted by Crippen LogP contribution is -2.12. The molecule has 7 nitrogen and oxygen atoms in total. The van der Waals surface area contributed by atoms with Gasteiger partial charge in [-0.05, 0) is 30.3 Å². The Bertz CT molecular complexity index is 795. The van der Waals surface area contributed by atoms with Crippen molar-refractivity contribution in [2.24, 2.45) is 0 Å². The molecule has 0 bridgehead atoms. The van der Waals surface area contributed by atoms with Crippen molar-refractivity contribution in [2.75, 3.05) is 0 Å². The van der Waals surface area contributed by atoms with E-state index in [-0.39, 0.29) is 28.0 Å². The standard InChI is InChI=1S/C15H10O7.3C2H6/c16-8-2-4-10(12(17)6-8)13(18)11-5-7(14(19)20)1-3-9(11)15(21)22;3*1-2/h1-6,16-17H,(H,19,20)(H,21,22);3*1-2H3. The molecule has 0 aromatic heterocycles. The Balaban J connectivity index is 0. The number of aromatic hydroxyl groups is 2. The molecule has 0 atom stereocenters. The molecule has 0 spiro atoms. The average molecular weight is 392 g/mol. The molecule has 0 aliphatic rings. The van der Waals surface area contributed by atoms with Gasteiger partial charge in [0.25, 0.3) is 0 Å². The van der Waals surface area contributed by atoms with Gasteiger partial charge >= 0.3 is 11.9 Å². The van der Waals surface area contributed by atoms with Gasteiger partial charge in [-0.1, -0.05) is 41.5 Å². The molecule has 4 N–H and O–H groups in total. The SMILES string of the molecule is CC.CC.CC.O=C(O)c1ccc(C(=O)O)c(C(=O)c2ccc(O)cc2O)c1. The molecule has 154 valence electrons. The Hall–Kier alpha value is -3.35. The van der Waals surface area contributed by atoms with E-state index in [1.807, 2.05) is 41.5 Å². The highest BCUT2D eigenvalue weighted by molar-refractivity contribution is 6.16. The maximum atomic E-state index is 12.4. The van der Waals surface area contributed by atoms with Crippen LogP contribution in [0.3, 0.4) is 0 Å². The van der Waals surface area contributed by atoms with Crippen LogP contribution in [-0.2, 0) is 0 Å². The summed E-state index contributed by atoms with van der Waals surface area (Å²) in [5.41, 5.74) is -1.26. The zero-order valence-electron chi connectivity index (χ0n) is 17.0. The van der Waals surface area contributed by atoms with Gasteiger partial charge in [-0.25, -0.2) is 9.59 Å². The van der Waals surface area contributed by atoms with Crippen LogP contribution < -0.4 is 0 Å². The van der Waals surface area contributed by atoms with Gasteiger partial charge in [-0.2, -0.15) is 0 Å². The van der Waals surface area contributed by atoms with Gasteiger partial charge in [0.15, 0.2) is 5.78 Å². The Kier molecular flexibility index (Phi) is 13.2. The second kappa shape index (κ2) is 13.8. The first-order chi connectivity index (χ1) is 13.3. The molecule has 0 amide bonds. The van der Waals surface area contributed by atoms with E-state index in [0.29, 0.717) is 0 Å². The number of hydrogen-bond donors (Lipinski definition) is 4. The minimum Gasteiger partial charge on any atom is -0.508 e. The van der Waals surface area contributed by atoms with E-state index in [9.17, 15) is 24.6 Å². The van der Waals surface area contributed by atoms with Gasteiger partial charge in [0.1, 0.15) is 11.5 Å². The summed E-state index contributed by atoms with van der Waals surface area (Å²) in [6.45, 7) is 12.0. The lowest BCUT2D eigenvalue weighted by molar-refractivity contribution is 0.0679. The first-order valence-corrected chi connectivity index (χ1v) is 8.98. The average Bonchev–Trinajstić information content (AvgIpc) is 2.71. The number of phenolic OH excluding ortho intramolecular Hbond substituents is 2. The smallest absolute Gasteiger partial charge is 0.336 e. The molecule has 0 aliphatic carbocycles. The van der Waals surface area contributed by atoms with E-state index in [2.05, 4.69) is 0 Å². The maximum absolute atomic E-state index is 12.4. The summed E-state index contributed by atoms with van der Waals surface area (Å²) in [6, 6.07) is 6.20. The largest absolute Gasteiger partial charge is 0.508 e. The number of rotatable bonds is 4. The molecule has 28 heavy (non-hydrogen) atoms. The van der Waals surface area contributed by atoms with Gasteiger partial charge < -0.3 is 20.4 Å². The van der Waals surface area contributed by atoms with Crippen molar-refractivity contribution in [1.29, 1.82) is 0 Å². The van der Waals surface area contributed by atoms with E-state index in [1.54, 1.807) is 0 Å². The molecule has 0 heterocycles. The summed E-state index contributed by atoms with van der Waals surface area (Å²) in [5.74, 6) is -4.40. The highest BCUT2D eigenvalue weighted by atomic mass is 16.4. The first-order valence-electron chi connectivity index (χ1n) is 8.98. The normalized spacial score (nSPS) is 8.64. The van der Waals surface area contributed by atoms with Crippen molar-refractivity contribution in [3.63, 3.8) is 0 Å². The molecule has 2 aromatic rings. The molecule has 7 heteroatoms. The van der Waals surface area contributed by atoms with E-state index in [1.165, 1.54) is 0 Å². The predicted octanol–water partition coefficient (Wildman–Crippen LogP) is 4.80. The fraction of sp³-hybridized carbons (Fsp3) is 0.286. The monoisotopic (exact) mass is 392 g/mol. The Morgan fingerprint density at radius 1 is 0.643 bits per heavy atom. The van der Waals surface area contributed by atoms with Crippen molar-refractivity contribution in [2.45, 2.75) is 41.5 Å². The molecular formula is C21H28O7. The Labute approximate surface area is 164 Å². The Morgan fingerprint density at radius 3 is 1.57 bits per heavy atom. The molecule has 0 unspecified atom stereocenters. The number of benzene rings is 2. The minimum absolute atomic E-state index is 0.247. The number of carboxylic acid groups (broad SMARTS) is 2. The maximum Gasteiger partial charge on any atom is 0.336 e. The van der Waals surface area contributed by atoms with Gasteiger partial charge in [0.05, 0.1) is 16.7 Å². The molecule has 0 radical (unpaired) electrons. The van der Waals surface area contributed by atoms with Crippen LogP contribution in [0.15, 0.2) is 36.4 Å². The van der Waals surface area contributed by atoms with Crippen LogP contribution >= 0.6 is 0 Å². The van der Waals surface area contributed by atoms with Crippen LogP contribution in [0.1, 0.15) is 78.2 Å². The predicted molar refractivity (Wildman–Crippen MR) is 108 cm³/mol. The van der Waals surface area contributed by atoms with Gasteiger partial charge in [0.2, 0.25) is 0 Å². The van der Waals surface area contributed by atoms with Gasteiger partial charge in [-0.3, -0.25) is 4.79 Å². The summed E-state index contributed by atoms with van der Waals surface area (Å²) in [7, 11) is 0. The fourth-order valence-electron chi connectivity index (χ4n) is 1.91. The van der Waals surface area contributed by atoms with Crippen molar-refractivity contribution in [3.8, 4) is 11.5 Å². The summed E-state index contributed by atoms with van der Waals surface area (Å²) < 4.78 is 0. The van der Waals surface area contributed by atoms with E-state index < -0.39 is 23.5 Å². The number of carboxylic acids is 2. The summed E-state index contributed by atoms with van der Waals surface area (Å²) in [4.78, 5) is 34.5. The molecule has 0 fully saturated rings. The highest BCUT2D eigenvalue weighted by Crippen LogP contribution is 2.26. The number of phenols is 2. The summed E-state index contributed by atoms with van der Waals surface area (Å²) in [5, 5.41) is 36.9. The zero-order chi connectivity index (χ0) is 22.4. The quantitative estimate of drug-likeness (QED) is 0.549. The van der Waals surface area contributed by atoms with Crippen LogP contribution in [0.2, 0.25) is 0 Å². The number of carbonyl (C=O) groups excluding carboxylic acids is 1. The Morgan fingerprint density at radius 2 is 1.14 bits per heavy atom. The lowest BCUT2D eigenvalue weighted by atomic mass is 9.95. The van der Waals surface area contributed by atoms with Crippen LogP contribution in [0.4, 0.5) is 0 Å². The van der Waals surface area contributed by atoms with Crippen molar-refractivity contribution in [3.05, 3.63) is 58.7 Å². The third-order valence-electron chi connectivity index (χ3n) is 2.97. The molecule has 0 saturated heterocycles. The summed E-state index contributed by atoms with van der Waals surface area (Å²) >= 11 is 0. The third-order valence-corrected chi connectivity index (χ3v) is 2.97. The number of ketones is 1. The van der Waals surface area contributed by atoms with E-state index >= 15 is 0 Å². The number of aromatic carboxylic acids is 2. The highest BCUT2D eigenvalue weighted by Gasteiger charge is 2.22. The van der Waals surface area contributed by atoms with E-state index in [0.717, 1.165) is 36.4 Å². The van der Waals surface area contributed by atoms with Crippen LogP contribution in [-0.4, -0.2) is 38.1 Å². The van der Waals surface area contributed by atoms with Crippen molar-refractivity contribution >= 4 is 17.7 Å². The van der Waals surface area contributed by atoms with Crippen LogP contribution in [0, 0.1) is 0 Å².